The zero-order valence-electron chi connectivity index (χ0n) is 9.70. The van der Waals surface area contributed by atoms with Crippen LogP contribution >= 0.6 is 24.0 Å². The molecule has 0 bridgehead atoms. The molecule has 2 rings (SSSR count). The number of H-pyrrole nitrogens is 1. The van der Waals surface area contributed by atoms with E-state index in [-0.39, 0.29) is 18.3 Å². The molecule has 0 atom stereocenters. The van der Waals surface area contributed by atoms with Crippen molar-refractivity contribution in [2.24, 2.45) is 0 Å². The monoisotopic (exact) mass is 277 g/mol. The minimum absolute atomic E-state index is 0. The van der Waals surface area contributed by atoms with E-state index in [1.54, 1.807) is 12.3 Å². The molecule has 1 saturated heterocycles. The normalized spacial score (nSPS) is 16.7. The summed E-state index contributed by atoms with van der Waals surface area (Å²) >= 11 is 5.78. The molecule has 0 aromatic carbocycles. The Morgan fingerprint density at radius 3 is 2.65 bits per heavy atom. The van der Waals surface area contributed by atoms with Gasteiger partial charge >= 0.3 is 0 Å². The van der Waals surface area contributed by atoms with Crippen molar-refractivity contribution in [2.75, 3.05) is 20.1 Å². The predicted molar refractivity (Wildman–Crippen MR) is 71.0 cm³/mol. The van der Waals surface area contributed by atoms with Crippen LogP contribution in [0.3, 0.4) is 0 Å². The summed E-state index contributed by atoms with van der Waals surface area (Å²) in [4.78, 5) is 16.8. The molecule has 0 aliphatic carbocycles. The first-order valence-electron chi connectivity index (χ1n) is 5.51. The number of nitrogens with one attached hydrogen (secondary N) is 2. The predicted octanol–water partition coefficient (Wildman–Crippen LogP) is 1.91. The van der Waals surface area contributed by atoms with Crippen molar-refractivity contribution in [3.05, 3.63) is 23.0 Å². The third-order valence-corrected chi connectivity index (χ3v) is 3.29. The lowest BCUT2D eigenvalue weighted by atomic mass is 10.1. The van der Waals surface area contributed by atoms with Gasteiger partial charge in [-0.2, -0.15) is 0 Å². The SMILES string of the molecule is CNC1CCN(C(=O)c2cc(Cl)c[nH]2)CC1.Cl. The van der Waals surface area contributed by atoms with Gasteiger partial charge in [0.05, 0.1) is 5.02 Å². The lowest BCUT2D eigenvalue weighted by Crippen LogP contribution is -2.44. The molecule has 1 aromatic heterocycles. The first-order chi connectivity index (χ1) is 7.70. The molecule has 1 amide bonds. The molecule has 0 radical (unpaired) electrons. The summed E-state index contributed by atoms with van der Waals surface area (Å²) in [5.74, 6) is 0.0430. The number of hydrogen-bond acceptors (Lipinski definition) is 2. The van der Waals surface area contributed by atoms with Gasteiger partial charge in [0.25, 0.3) is 5.91 Å². The lowest BCUT2D eigenvalue weighted by Gasteiger charge is -2.31. The number of rotatable bonds is 2. The van der Waals surface area contributed by atoms with E-state index >= 15 is 0 Å². The number of piperidine rings is 1. The molecule has 96 valence electrons. The molecule has 1 aromatic rings. The zero-order valence-corrected chi connectivity index (χ0v) is 11.3. The Morgan fingerprint density at radius 2 is 2.18 bits per heavy atom. The summed E-state index contributed by atoms with van der Waals surface area (Å²) in [7, 11) is 1.97. The Kier molecular flexibility index (Phi) is 5.31. The number of aromatic nitrogens is 1. The van der Waals surface area contributed by atoms with Crippen LogP contribution in [0.25, 0.3) is 0 Å². The number of nitrogens with zero attached hydrogens (tertiary/aromatic N) is 1. The fourth-order valence-corrected chi connectivity index (χ4v) is 2.20. The number of amides is 1. The fourth-order valence-electron chi connectivity index (χ4n) is 2.03. The van der Waals surface area contributed by atoms with Crippen LogP contribution in [0, 0.1) is 0 Å². The Bertz CT molecular complexity index is 373. The maximum Gasteiger partial charge on any atom is 0.270 e. The largest absolute Gasteiger partial charge is 0.356 e. The zero-order chi connectivity index (χ0) is 11.5. The highest BCUT2D eigenvalue weighted by molar-refractivity contribution is 6.30. The Labute approximate surface area is 112 Å². The number of likely N-dealkylation sites (tertiary alicyclic amines) is 1. The van der Waals surface area contributed by atoms with Crippen LogP contribution in [-0.2, 0) is 0 Å². The van der Waals surface area contributed by atoms with Crippen molar-refractivity contribution in [3.63, 3.8) is 0 Å². The van der Waals surface area contributed by atoms with E-state index in [2.05, 4.69) is 10.3 Å². The van der Waals surface area contributed by atoms with Gasteiger partial charge < -0.3 is 15.2 Å². The number of aromatic amines is 1. The van der Waals surface area contributed by atoms with Gasteiger partial charge in [-0.3, -0.25) is 4.79 Å². The third-order valence-electron chi connectivity index (χ3n) is 3.07. The van der Waals surface area contributed by atoms with Gasteiger partial charge in [-0.15, -0.1) is 12.4 Å². The van der Waals surface area contributed by atoms with Crippen LogP contribution in [0.15, 0.2) is 12.3 Å². The first kappa shape index (κ1) is 14.4. The number of hydrogen-bond donors (Lipinski definition) is 2. The third kappa shape index (κ3) is 3.37. The smallest absolute Gasteiger partial charge is 0.270 e. The second-order valence-electron chi connectivity index (χ2n) is 4.09. The summed E-state index contributed by atoms with van der Waals surface area (Å²) in [5.41, 5.74) is 0.577. The highest BCUT2D eigenvalue weighted by Gasteiger charge is 2.23. The Morgan fingerprint density at radius 1 is 1.53 bits per heavy atom. The Balaban J connectivity index is 0.00000144. The minimum Gasteiger partial charge on any atom is -0.356 e. The average Bonchev–Trinajstić information content (AvgIpc) is 2.75. The van der Waals surface area contributed by atoms with Crippen molar-refractivity contribution in [3.8, 4) is 0 Å². The Hall–Kier alpha value is -0.710. The maximum absolute atomic E-state index is 12.0. The first-order valence-corrected chi connectivity index (χ1v) is 5.89. The van der Waals surface area contributed by atoms with Gasteiger partial charge in [-0.05, 0) is 26.0 Å². The van der Waals surface area contributed by atoms with Crippen molar-refractivity contribution in [1.82, 2.24) is 15.2 Å². The second kappa shape index (κ2) is 6.28. The summed E-state index contributed by atoms with van der Waals surface area (Å²) in [6, 6.07) is 2.21. The molecule has 0 saturated carbocycles. The molecule has 2 heterocycles. The molecular formula is C11H17Cl2N3O. The molecule has 1 aliphatic rings. The molecule has 1 aliphatic heterocycles. The molecule has 1 fully saturated rings. The van der Waals surface area contributed by atoms with Crippen molar-refractivity contribution in [1.29, 1.82) is 0 Å². The highest BCUT2D eigenvalue weighted by Crippen LogP contribution is 2.15. The molecule has 0 unspecified atom stereocenters. The van der Waals surface area contributed by atoms with Gasteiger partial charge in [0, 0.05) is 25.3 Å². The average molecular weight is 278 g/mol. The number of carbonyl (C=O) groups excluding carboxylic acids is 1. The van der Waals surface area contributed by atoms with Crippen molar-refractivity contribution in [2.45, 2.75) is 18.9 Å². The van der Waals surface area contributed by atoms with E-state index in [1.807, 2.05) is 11.9 Å². The lowest BCUT2D eigenvalue weighted by molar-refractivity contribution is 0.0702. The van der Waals surface area contributed by atoms with Crippen molar-refractivity contribution < 1.29 is 4.79 Å². The highest BCUT2D eigenvalue weighted by atomic mass is 35.5. The summed E-state index contributed by atoms with van der Waals surface area (Å²) in [6.07, 6.45) is 3.66. The minimum atomic E-state index is 0. The standard InChI is InChI=1S/C11H16ClN3O.ClH/c1-13-9-2-4-15(5-3-9)11(16)10-6-8(12)7-14-10;/h6-7,9,13-14H,2-5H2,1H3;1H. The van der Waals surface area contributed by atoms with E-state index in [0.29, 0.717) is 16.8 Å². The summed E-state index contributed by atoms with van der Waals surface area (Å²) in [6.45, 7) is 1.61. The van der Waals surface area contributed by atoms with Gasteiger partial charge in [-0.25, -0.2) is 0 Å². The topological polar surface area (TPSA) is 48.1 Å². The molecular weight excluding hydrogens is 261 g/mol. The van der Waals surface area contributed by atoms with E-state index in [4.69, 9.17) is 11.6 Å². The number of halogens is 2. The molecule has 0 spiro atoms. The van der Waals surface area contributed by atoms with E-state index in [1.165, 1.54) is 0 Å². The van der Waals surface area contributed by atoms with Crippen LogP contribution in [0.2, 0.25) is 5.02 Å². The van der Waals surface area contributed by atoms with Crippen LogP contribution in [-0.4, -0.2) is 42.0 Å². The molecule has 17 heavy (non-hydrogen) atoms. The second-order valence-corrected chi connectivity index (χ2v) is 4.52. The quantitative estimate of drug-likeness (QED) is 0.868. The van der Waals surface area contributed by atoms with Gasteiger partial charge in [0.15, 0.2) is 0 Å². The summed E-state index contributed by atoms with van der Waals surface area (Å²) in [5, 5.41) is 3.82. The van der Waals surface area contributed by atoms with Gasteiger partial charge in [0.1, 0.15) is 5.69 Å². The molecule has 6 heteroatoms. The van der Waals surface area contributed by atoms with Crippen LogP contribution < -0.4 is 5.32 Å². The van der Waals surface area contributed by atoms with E-state index in [9.17, 15) is 4.79 Å². The van der Waals surface area contributed by atoms with Crippen LogP contribution in [0.1, 0.15) is 23.3 Å². The van der Waals surface area contributed by atoms with Gasteiger partial charge in [0.2, 0.25) is 0 Å². The fraction of sp³-hybridized carbons (Fsp3) is 0.545. The van der Waals surface area contributed by atoms with E-state index in [0.717, 1.165) is 25.9 Å². The molecule has 2 N–H and O–H groups in total. The number of carbonyl (C=O) groups is 1. The van der Waals surface area contributed by atoms with Gasteiger partial charge in [-0.1, -0.05) is 11.6 Å². The van der Waals surface area contributed by atoms with Crippen LogP contribution in [0.4, 0.5) is 0 Å². The maximum atomic E-state index is 12.0. The molecule has 4 nitrogen and oxygen atoms in total. The van der Waals surface area contributed by atoms with Crippen LogP contribution in [0.5, 0.6) is 0 Å². The van der Waals surface area contributed by atoms with Crippen molar-refractivity contribution >= 4 is 29.9 Å². The summed E-state index contributed by atoms with van der Waals surface area (Å²) < 4.78 is 0. The van der Waals surface area contributed by atoms with E-state index < -0.39 is 0 Å².